The van der Waals surface area contributed by atoms with Crippen LogP contribution >= 0.6 is 23.6 Å². The first-order chi connectivity index (χ1) is 8.63. The molecule has 1 saturated carbocycles. The van der Waals surface area contributed by atoms with E-state index < -0.39 is 0 Å². The van der Waals surface area contributed by atoms with Crippen LogP contribution in [0.2, 0.25) is 0 Å². The van der Waals surface area contributed by atoms with Gasteiger partial charge in [-0.05, 0) is 36.3 Å². The maximum absolute atomic E-state index is 12.2. The van der Waals surface area contributed by atoms with Crippen molar-refractivity contribution in [1.82, 2.24) is 5.32 Å². The quantitative estimate of drug-likeness (QED) is 0.834. The molecule has 2 rings (SSSR count). The van der Waals surface area contributed by atoms with Gasteiger partial charge in [-0.15, -0.1) is 11.3 Å². The Labute approximate surface area is 117 Å². The van der Waals surface area contributed by atoms with E-state index in [0.29, 0.717) is 4.99 Å². The van der Waals surface area contributed by atoms with Gasteiger partial charge in [0.15, 0.2) is 0 Å². The summed E-state index contributed by atoms with van der Waals surface area (Å²) in [4.78, 5) is 13.6. The Morgan fingerprint density at radius 1 is 1.61 bits per heavy atom. The molecule has 0 saturated heterocycles. The number of carbonyl (C=O) groups is 1. The molecule has 2 unspecified atom stereocenters. The molecule has 1 aliphatic rings. The van der Waals surface area contributed by atoms with Gasteiger partial charge in [-0.3, -0.25) is 4.79 Å². The Morgan fingerprint density at radius 3 is 3.06 bits per heavy atom. The van der Waals surface area contributed by atoms with Crippen LogP contribution in [0.15, 0.2) is 11.4 Å². The lowest BCUT2D eigenvalue weighted by Crippen LogP contribution is -2.41. The van der Waals surface area contributed by atoms with E-state index >= 15 is 0 Å². The third-order valence-corrected chi connectivity index (χ3v) is 4.79. The summed E-state index contributed by atoms with van der Waals surface area (Å²) in [6.07, 6.45) is 3.93. The van der Waals surface area contributed by atoms with E-state index in [2.05, 4.69) is 12.2 Å². The van der Waals surface area contributed by atoms with Gasteiger partial charge in [0.25, 0.3) is 5.91 Å². The molecule has 1 aromatic rings. The van der Waals surface area contributed by atoms with Crippen molar-refractivity contribution >= 4 is 34.5 Å². The van der Waals surface area contributed by atoms with Crippen molar-refractivity contribution in [3.05, 3.63) is 21.9 Å². The second kappa shape index (κ2) is 5.80. The summed E-state index contributed by atoms with van der Waals surface area (Å²) < 4.78 is 0. The zero-order valence-corrected chi connectivity index (χ0v) is 12.1. The summed E-state index contributed by atoms with van der Waals surface area (Å²) in [5, 5.41) is 5.06. The van der Waals surface area contributed by atoms with Gasteiger partial charge in [0, 0.05) is 12.0 Å². The topological polar surface area (TPSA) is 55.1 Å². The number of thiocarbonyl (C=S) groups is 1. The Balaban J connectivity index is 2.05. The Morgan fingerprint density at radius 2 is 2.39 bits per heavy atom. The van der Waals surface area contributed by atoms with Gasteiger partial charge < -0.3 is 11.1 Å². The lowest BCUT2D eigenvalue weighted by atomic mass is 10.0. The molecule has 0 bridgehead atoms. The molecule has 18 heavy (non-hydrogen) atoms. The first kappa shape index (κ1) is 13.5. The third kappa shape index (κ3) is 2.72. The van der Waals surface area contributed by atoms with Crippen molar-refractivity contribution in [2.45, 2.75) is 38.6 Å². The number of nitrogens with two attached hydrogens (primary N) is 1. The van der Waals surface area contributed by atoms with E-state index in [-0.39, 0.29) is 17.9 Å². The van der Waals surface area contributed by atoms with Crippen LogP contribution in [-0.4, -0.2) is 16.9 Å². The lowest BCUT2D eigenvalue weighted by molar-refractivity contribution is 0.0937. The van der Waals surface area contributed by atoms with Gasteiger partial charge in [0.05, 0.1) is 9.87 Å². The molecule has 3 N–H and O–H groups in total. The van der Waals surface area contributed by atoms with Gasteiger partial charge in [0.2, 0.25) is 0 Å². The smallest absolute Gasteiger partial charge is 0.261 e. The molecule has 0 radical (unpaired) electrons. The fraction of sp³-hybridized carbons (Fsp3) is 0.538. The van der Waals surface area contributed by atoms with Crippen LogP contribution in [0.4, 0.5) is 0 Å². The Kier molecular flexibility index (Phi) is 4.35. The van der Waals surface area contributed by atoms with Gasteiger partial charge in [-0.25, -0.2) is 0 Å². The summed E-state index contributed by atoms with van der Waals surface area (Å²) in [6.45, 7) is 2.06. The van der Waals surface area contributed by atoms with Crippen LogP contribution in [0.25, 0.3) is 0 Å². The number of hydrogen-bond donors (Lipinski definition) is 2. The number of amides is 1. The molecule has 3 nitrogen and oxygen atoms in total. The Bertz CT molecular complexity index is 456. The molecule has 0 aliphatic heterocycles. The summed E-state index contributed by atoms with van der Waals surface area (Å²) in [6, 6.07) is 2.13. The van der Waals surface area contributed by atoms with Crippen LogP contribution < -0.4 is 11.1 Å². The van der Waals surface area contributed by atoms with Crippen molar-refractivity contribution < 1.29 is 4.79 Å². The van der Waals surface area contributed by atoms with E-state index in [9.17, 15) is 4.79 Å². The van der Waals surface area contributed by atoms with Crippen molar-refractivity contribution in [1.29, 1.82) is 0 Å². The number of nitrogens with one attached hydrogen (secondary N) is 1. The molecule has 1 aromatic heterocycles. The highest BCUT2D eigenvalue weighted by Gasteiger charge is 2.31. The highest BCUT2D eigenvalue weighted by Crippen LogP contribution is 2.27. The molecule has 5 heteroatoms. The zero-order chi connectivity index (χ0) is 13.1. The largest absolute Gasteiger partial charge is 0.393 e. The molecular weight excluding hydrogens is 264 g/mol. The molecule has 98 valence electrons. The molecule has 1 amide bonds. The van der Waals surface area contributed by atoms with Crippen LogP contribution in [0.1, 0.15) is 41.4 Å². The molecule has 0 spiro atoms. The van der Waals surface area contributed by atoms with Crippen LogP contribution in [0, 0.1) is 5.92 Å². The highest BCUT2D eigenvalue weighted by atomic mass is 32.1. The monoisotopic (exact) mass is 282 g/mol. The maximum atomic E-state index is 12.2. The van der Waals surface area contributed by atoms with E-state index in [0.717, 1.165) is 36.1 Å². The number of thiophene rings is 1. The van der Waals surface area contributed by atoms with E-state index in [1.165, 1.54) is 11.3 Å². The maximum Gasteiger partial charge on any atom is 0.261 e. The SMILES string of the molecule is CCc1ccsc1C(=O)NC1CCCC1C(N)=S. The molecule has 1 aliphatic carbocycles. The standard InChI is InChI=1S/C13H18N2OS2/c1-2-8-6-7-18-11(8)13(16)15-10-5-3-4-9(10)12(14)17/h6-7,9-10H,2-5H2,1H3,(H2,14,17)(H,15,16). The predicted octanol–water partition coefficient (Wildman–Crippen LogP) is 2.50. The van der Waals surface area contributed by atoms with Gasteiger partial charge >= 0.3 is 0 Å². The summed E-state index contributed by atoms with van der Waals surface area (Å²) >= 11 is 6.56. The summed E-state index contributed by atoms with van der Waals surface area (Å²) in [5.74, 6) is 0.184. The average Bonchev–Trinajstić information content (AvgIpc) is 2.96. The molecule has 2 atom stereocenters. The Hall–Kier alpha value is -0.940. The van der Waals surface area contributed by atoms with E-state index in [1.54, 1.807) is 0 Å². The summed E-state index contributed by atoms with van der Waals surface area (Å²) in [5.41, 5.74) is 6.83. The zero-order valence-electron chi connectivity index (χ0n) is 10.4. The van der Waals surface area contributed by atoms with E-state index in [1.807, 2.05) is 11.4 Å². The van der Waals surface area contributed by atoms with Crippen LogP contribution in [0.3, 0.4) is 0 Å². The van der Waals surface area contributed by atoms with Crippen LogP contribution in [0.5, 0.6) is 0 Å². The molecular formula is C13H18N2OS2. The number of hydrogen-bond acceptors (Lipinski definition) is 3. The average molecular weight is 282 g/mol. The summed E-state index contributed by atoms with van der Waals surface area (Å²) in [7, 11) is 0. The molecule has 1 fully saturated rings. The van der Waals surface area contributed by atoms with Crippen molar-refractivity contribution in [2.75, 3.05) is 0 Å². The second-order valence-electron chi connectivity index (χ2n) is 4.65. The lowest BCUT2D eigenvalue weighted by Gasteiger charge is -2.19. The second-order valence-corrected chi connectivity index (χ2v) is 6.04. The molecule has 0 aromatic carbocycles. The third-order valence-electron chi connectivity index (χ3n) is 3.53. The minimum atomic E-state index is 0.0231. The predicted molar refractivity (Wildman–Crippen MR) is 79.1 cm³/mol. The van der Waals surface area contributed by atoms with Gasteiger partial charge in [0.1, 0.15) is 0 Å². The van der Waals surface area contributed by atoms with Crippen molar-refractivity contribution in [3.63, 3.8) is 0 Å². The fourth-order valence-corrected chi connectivity index (χ4v) is 3.70. The number of rotatable bonds is 4. The van der Waals surface area contributed by atoms with Crippen molar-refractivity contribution in [3.8, 4) is 0 Å². The number of aryl methyl sites for hydroxylation is 1. The highest BCUT2D eigenvalue weighted by molar-refractivity contribution is 7.80. The molecule has 1 heterocycles. The fourth-order valence-electron chi connectivity index (χ4n) is 2.52. The van der Waals surface area contributed by atoms with Gasteiger partial charge in [-0.2, -0.15) is 0 Å². The first-order valence-electron chi connectivity index (χ1n) is 6.30. The van der Waals surface area contributed by atoms with Crippen molar-refractivity contribution in [2.24, 2.45) is 11.7 Å². The number of carbonyl (C=O) groups excluding carboxylic acids is 1. The normalized spacial score (nSPS) is 22.9. The van der Waals surface area contributed by atoms with Crippen LogP contribution in [-0.2, 0) is 6.42 Å². The van der Waals surface area contributed by atoms with Gasteiger partial charge in [-0.1, -0.05) is 25.6 Å². The minimum absolute atomic E-state index is 0.0231. The first-order valence-corrected chi connectivity index (χ1v) is 7.58. The van der Waals surface area contributed by atoms with E-state index in [4.69, 9.17) is 18.0 Å². The minimum Gasteiger partial charge on any atom is -0.393 e.